The maximum Gasteiger partial charge on any atom is 0.242 e. The van der Waals surface area contributed by atoms with Crippen molar-refractivity contribution < 1.29 is 23.6 Å². The molecule has 1 aliphatic rings. The number of ketones is 1. The molecule has 2 rings (SSSR count). The summed E-state index contributed by atoms with van der Waals surface area (Å²) in [7, 11) is 0. The quantitative estimate of drug-likeness (QED) is 0.663. The van der Waals surface area contributed by atoms with Crippen LogP contribution in [0.25, 0.3) is 0 Å². The number of hydrogen-bond acceptors (Lipinski definition) is 6. The van der Waals surface area contributed by atoms with Crippen molar-refractivity contribution in [2.24, 2.45) is 5.92 Å². The van der Waals surface area contributed by atoms with Crippen molar-refractivity contribution in [1.82, 2.24) is 15.7 Å². The molecule has 1 aliphatic heterocycles. The fourth-order valence-electron chi connectivity index (χ4n) is 2.54. The molecule has 0 bridgehead atoms. The molecule has 2 amide bonds. The summed E-state index contributed by atoms with van der Waals surface area (Å²) in [5.41, 5.74) is 0. The number of hydroxylamine groups is 2. The van der Waals surface area contributed by atoms with Crippen LogP contribution in [-0.2, 0) is 25.6 Å². The summed E-state index contributed by atoms with van der Waals surface area (Å²) in [6.45, 7) is 5.07. The van der Waals surface area contributed by atoms with Crippen molar-refractivity contribution in [2.75, 3.05) is 26.2 Å². The molecule has 1 unspecified atom stereocenters. The summed E-state index contributed by atoms with van der Waals surface area (Å²) in [5, 5.41) is 7.07. The van der Waals surface area contributed by atoms with E-state index in [2.05, 4.69) is 10.6 Å². The van der Waals surface area contributed by atoms with Crippen molar-refractivity contribution in [3.8, 4) is 0 Å². The lowest BCUT2D eigenvalue weighted by atomic mass is 10.0. The molecular weight excluding hydrogens is 326 g/mol. The van der Waals surface area contributed by atoms with Crippen LogP contribution in [0.5, 0.6) is 0 Å². The highest BCUT2D eigenvalue weighted by atomic mass is 16.7. The van der Waals surface area contributed by atoms with Crippen molar-refractivity contribution in [1.29, 1.82) is 0 Å². The maximum absolute atomic E-state index is 12.4. The minimum Gasteiger partial charge on any atom is -0.469 e. The lowest BCUT2D eigenvalue weighted by molar-refractivity contribution is -0.130. The fourth-order valence-corrected chi connectivity index (χ4v) is 2.54. The second-order valence-electron chi connectivity index (χ2n) is 6.47. The van der Waals surface area contributed by atoms with Gasteiger partial charge in [-0.05, 0) is 24.5 Å². The van der Waals surface area contributed by atoms with Gasteiger partial charge in [-0.25, -0.2) is 0 Å². The van der Waals surface area contributed by atoms with E-state index >= 15 is 0 Å². The van der Waals surface area contributed by atoms with E-state index in [0.717, 1.165) is 0 Å². The largest absolute Gasteiger partial charge is 0.469 e. The number of hydrogen-bond donors (Lipinski definition) is 2. The van der Waals surface area contributed by atoms with Gasteiger partial charge in [0.05, 0.1) is 19.2 Å². The lowest BCUT2D eigenvalue weighted by Gasteiger charge is -2.21. The van der Waals surface area contributed by atoms with Gasteiger partial charge in [0.15, 0.2) is 5.78 Å². The Balaban J connectivity index is 1.79. The molecule has 1 saturated heterocycles. The molecule has 0 spiro atoms. The van der Waals surface area contributed by atoms with Crippen LogP contribution in [-0.4, -0.2) is 54.9 Å². The number of nitrogens with zero attached hydrogens (tertiary/aromatic N) is 1. The number of carbonyl (C=O) groups is 3. The van der Waals surface area contributed by atoms with Crippen LogP contribution in [0.15, 0.2) is 22.8 Å². The van der Waals surface area contributed by atoms with Crippen LogP contribution in [0, 0.1) is 5.92 Å². The van der Waals surface area contributed by atoms with Crippen LogP contribution in [0.3, 0.4) is 0 Å². The maximum atomic E-state index is 12.4. The SMILES string of the molecule is CC(C)CC(NC(=O)Cc1ccco1)C(=O)NCCN1CC(=O)CO1. The van der Waals surface area contributed by atoms with Gasteiger partial charge in [-0.3, -0.25) is 19.2 Å². The average Bonchev–Trinajstić information content (AvgIpc) is 3.18. The average molecular weight is 351 g/mol. The summed E-state index contributed by atoms with van der Waals surface area (Å²) >= 11 is 0. The van der Waals surface area contributed by atoms with Crippen LogP contribution < -0.4 is 10.6 Å². The molecular formula is C17H25N3O5. The minimum atomic E-state index is -0.608. The number of rotatable bonds is 9. The molecule has 0 aliphatic carbocycles. The zero-order valence-electron chi connectivity index (χ0n) is 14.6. The predicted octanol–water partition coefficient (Wildman–Crippen LogP) is 0.286. The molecule has 8 nitrogen and oxygen atoms in total. The van der Waals surface area contributed by atoms with Crippen LogP contribution in [0.2, 0.25) is 0 Å². The summed E-state index contributed by atoms with van der Waals surface area (Å²) in [5.74, 6) is 0.321. The second kappa shape index (κ2) is 9.33. The fraction of sp³-hybridized carbons (Fsp3) is 0.588. The third kappa shape index (κ3) is 6.67. The Kier molecular flexibility index (Phi) is 7.15. The lowest BCUT2D eigenvalue weighted by Crippen LogP contribution is -2.49. The second-order valence-corrected chi connectivity index (χ2v) is 6.47. The zero-order chi connectivity index (χ0) is 18.2. The summed E-state index contributed by atoms with van der Waals surface area (Å²) < 4.78 is 5.15. The first-order chi connectivity index (χ1) is 11.9. The number of nitrogens with one attached hydrogen (secondary N) is 2. The zero-order valence-corrected chi connectivity index (χ0v) is 14.6. The van der Waals surface area contributed by atoms with E-state index in [9.17, 15) is 14.4 Å². The van der Waals surface area contributed by atoms with Crippen LogP contribution in [0.1, 0.15) is 26.0 Å². The van der Waals surface area contributed by atoms with Gasteiger partial charge in [-0.1, -0.05) is 13.8 Å². The standard InChI is InChI=1S/C17H25N3O5/c1-12(2)8-15(19-16(22)9-14-4-3-7-24-14)17(23)18-5-6-20-10-13(21)11-25-20/h3-4,7,12,15H,5-6,8-11H2,1-2H3,(H,18,23)(H,19,22). The summed E-state index contributed by atoms with van der Waals surface area (Å²) in [4.78, 5) is 40.8. The minimum absolute atomic E-state index is 0.0224. The van der Waals surface area contributed by atoms with Crippen molar-refractivity contribution >= 4 is 17.6 Å². The normalized spacial score (nSPS) is 16.2. The summed E-state index contributed by atoms with van der Waals surface area (Å²) in [6, 6.07) is 2.82. The summed E-state index contributed by atoms with van der Waals surface area (Å²) in [6.07, 6.45) is 2.14. The first-order valence-electron chi connectivity index (χ1n) is 8.43. The molecule has 25 heavy (non-hydrogen) atoms. The Morgan fingerprint density at radius 1 is 1.36 bits per heavy atom. The third-order valence-electron chi connectivity index (χ3n) is 3.69. The Morgan fingerprint density at radius 2 is 2.16 bits per heavy atom. The van der Waals surface area contributed by atoms with Gasteiger partial charge in [-0.2, -0.15) is 5.06 Å². The predicted molar refractivity (Wildman–Crippen MR) is 89.3 cm³/mol. The van der Waals surface area contributed by atoms with Gasteiger partial charge >= 0.3 is 0 Å². The van der Waals surface area contributed by atoms with E-state index in [0.29, 0.717) is 25.3 Å². The molecule has 2 N–H and O–H groups in total. The molecule has 1 fully saturated rings. The molecule has 8 heteroatoms. The van der Waals surface area contributed by atoms with E-state index < -0.39 is 6.04 Å². The molecule has 1 atom stereocenters. The van der Waals surface area contributed by atoms with Crippen molar-refractivity contribution in [3.63, 3.8) is 0 Å². The Bertz CT molecular complexity index is 585. The van der Waals surface area contributed by atoms with E-state index in [-0.39, 0.29) is 43.1 Å². The Labute approximate surface area is 146 Å². The van der Waals surface area contributed by atoms with Gasteiger partial charge in [0.25, 0.3) is 0 Å². The van der Waals surface area contributed by atoms with Crippen LogP contribution >= 0.6 is 0 Å². The van der Waals surface area contributed by atoms with E-state index in [4.69, 9.17) is 9.25 Å². The first-order valence-corrected chi connectivity index (χ1v) is 8.43. The van der Waals surface area contributed by atoms with E-state index in [1.807, 2.05) is 13.8 Å². The molecule has 138 valence electrons. The Morgan fingerprint density at radius 3 is 2.76 bits per heavy atom. The molecule has 0 radical (unpaired) electrons. The number of carbonyl (C=O) groups excluding carboxylic acids is 3. The number of furan rings is 1. The molecule has 0 aromatic carbocycles. The molecule has 0 saturated carbocycles. The molecule has 1 aromatic rings. The smallest absolute Gasteiger partial charge is 0.242 e. The van der Waals surface area contributed by atoms with Gasteiger partial charge in [0.1, 0.15) is 18.4 Å². The highest BCUT2D eigenvalue weighted by Gasteiger charge is 2.23. The van der Waals surface area contributed by atoms with Crippen molar-refractivity contribution in [2.45, 2.75) is 32.7 Å². The van der Waals surface area contributed by atoms with Gasteiger partial charge in [0, 0.05) is 13.1 Å². The number of amides is 2. The van der Waals surface area contributed by atoms with Gasteiger partial charge in [0.2, 0.25) is 11.8 Å². The first kappa shape index (κ1) is 19.1. The monoisotopic (exact) mass is 351 g/mol. The van der Waals surface area contributed by atoms with Crippen molar-refractivity contribution in [3.05, 3.63) is 24.2 Å². The third-order valence-corrected chi connectivity index (χ3v) is 3.69. The van der Waals surface area contributed by atoms with E-state index in [1.165, 1.54) is 11.3 Å². The molecule has 2 heterocycles. The number of Topliss-reactive ketones (excluding diaryl/α,β-unsaturated/α-hetero) is 1. The molecule has 1 aromatic heterocycles. The van der Waals surface area contributed by atoms with Gasteiger partial charge in [-0.15, -0.1) is 0 Å². The Hall–Kier alpha value is -2.19. The van der Waals surface area contributed by atoms with E-state index in [1.54, 1.807) is 12.1 Å². The van der Waals surface area contributed by atoms with Gasteiger partial charge < -0.3 is 15.1 Å². The topological polar surface area (TPSA) is 101 Å². The highest BCUT2D eigenvalue weighted by molar-refractivity contribution is 5.88. The van der Waals surface area contributed by atoms with Crippen LogP contribution in [0.4, 0.5) is 0 Å². The highest BCUT2D eigenvalue weighted by Crippen LogP contribution is 2.07.